The average Bonchev–Trinajstić information content (AvgIpc) is 2.29. The van der Waals surface area contributed by atoms with Crippen LogP contribution in [0.15, 0.2) is 43.0 Å². The van der Waals surface area contributed by atoms with Gasteiger partial charge in [-0.25, -0.2) is 0 Å². The molecule has 0 unspecified atom stereocenters. The third-order valence-electron chi connectivity index (χ3n) is 2.73. The van der Waals surface area contributed by atoms with E-state index in [1.54, 1.807) is 0 Å². The standard InChI is InChI=1S/C14H21N/c1-4-9-14(5-2)15-12(3)13-10-7-6-8-11-13/h4,6-8,10-12,14-15H,1,5,9H2,2-3H3/t12-,14-/m0/s1. The van der Waals surface area contributed by atoms with Crippen LogP contribution in [0.25, 0.3) is 0 Å². The molecular formula is C14H21N. The Bertz CT molecular complexity index is 279. The summed E-state index contributed by atoms with van der Waals surface area (Å²) in [4.78, 5) is 0. The average molecular weight is 203 g/mol. The first-order valence-corrected chi connectivity index (χ1v) is 5.69. The zero-order valence-electron chi connectivity index (χ0n) is 9.74. The van der Waals surface area contributed by atoms with Crippen LogP contribution >= 0.6 is 0 Å². The molecule has 1 N–H and O–H groups in total. The van der Waals surface area contributed by atoms with Crippen molar-refractivity contribution in [3.63, 3.8) is 0 Å². The molecule has 1 heteroatoms. The van der Waals surface area contributed by atoms with Gasteiger partial charge >= 0.3 is 0 Å². The molecule has 1 aromatic rings. The number of hydrogen-bond donors (Lipinski definition) is 1. The highest BCUT2D eigenvalue weighted by atomic mass is 14.9. The Labute approximate surface area is 93.2 Å². The fraction of sp³-hybridized carbons (Fsp3) is 0.429. The maximum Gasteiger partial charge on any atom is 0.0294 e. The van der Waals surface area contributed by atoms with Gasteiger partial charge in [0.05, 0.1) is 0 Å². The topological polar surface area (TPSA) is 12.0 Å². The van der Waals surface area contributed by atoms with Crippen molar-refractivity contribution in [2.24, 2.45) is 0 Å². The Morgan fingerprint density at radius 2 is 2.00 bits per heavy atom. The van der Waals surface area contributed by atoms with Crippen LogP contribution < -0.4 is 5.32 Å². The van der Waals surface area contributed by atoms with Gasteiger partial charge in [0.1, 0.15) is 0 Å². The van der Waals surface area contributed by atoms with E-state index in [1.807, 2.05) is 6.08 Å². The van der Waals surface area contributed by atoms with Crippen LogP contribution in [-0.2, 0) is 0 Å². The lowest BCUT2D eigenvalue weighted by Gasteiger charge is -2.21. The summed E-state index contributed by atoms with van der Waals surface area (Å²) in [5.74, 6) is 0. The SMILES string of the molecule is C=CC[C@H](CC)N[C@@H](C)c1ccccc1. The molecule has 0 saturated heterocycles. The Kier molecular flexibility index (Phi) is 5.13. The van der Waals surface area contributed by atoms with Gasteiger partial charge in [0.15, 0.2) is 0 Å². The summed E-state index contributed by atoms with van der Waals surface area (Å²) >= 11 is 0. The Hall–Kier alpha value is -1.08. The van der Waals surface area contributed by atoms with Gasteiger partial charge in [0, 0.05) is 12.1 Å². The quantitative estimate of drug-likeness (QED) is 0.695. The molecule has 0 bridgehead atoms. The summed E-state index contributed by atoms with van der Waals surface area (Å²) in [5, 5.41) is 3.61. The van der Waals surface area contributed by atoms with Crippen molar-refractivity contribution in [3.8, 4) is 0 Å². The minimum Gasteiger partial charge on any atom is -0.307 e. The third-order valence-corrected chi connectivity index (χ3v) is 2.73. The van der Waals surface area contributed by atoms with E-state index in [2.05, 4.69) is 56.1 Å². The van der Waals surface area contributed by atoms with E-state index in [9.17, 15) is 0 Å². The van der Waals surface area contributed by atoms with Crippen molar-refractivity contribution in [1.82, 2.24) is 5.32 Å². The molecule has 15 heavy (non-hydrogen) atoms. The lowest BCUT2D eigenvalue weighted by atomic mass is 10.1. The van der Waals surface area contributed by atoms with E-state index in [4.69, 9.17) is 0 Å². The van der Waals surface area contributed by atoms with E-state index in [-0.39, 0.29) is 0 Å². The van der Waals surface area contributed by atoms with Crippen LogP contribution in [0, 0.1) is 0 Å². The molecule has 82 valence electrons. The van der Waals surface area contributed by atoms with Crippen LogP contribution in [-0.4, -0.2) is 6.04 Å². The third kappa shape index (κ3) is 3.88. The highest BCUT2D eigenvalue weighted by Crippen LogP contribution is 2.13. The van der Waals surface area contributed by atoms with E-state index >= 15 is 0 Å². The molecule has 1 aromatic carbocycles. The van der Waals surface area contributed by atoms with E-state index < -0.39 is 0 Å². The zero-order valence-corrected chi connectivity index (χ0v) is 9.74. The lowest BCUT2D eigenvalue weighted by molar-refractivity contribution is 0.445. The largest absolute Gasteiger partial charge is 0.307 e. The van der Waals surface area contributed by atoms with E-state index in [1.165, 1.54) is 5.56 Å². The first kappa shape index (κ1) is 12.0. The van der Waals surface area contributed by atoms with Crippen molar-refractivity contribution in [2.45, 2.75) is 38.8 Å². The summed E-state index contributed by atoms with van der Waals surface area (Å²) in [6.45, 7) is 8.21. The lowest BCUT2D eigenvalue weighted by Crippen LogP contribution is -2.30. The molecular weight excluding hydrogens is 182 g/mol. The molecule has 1 rings (SSSR count). The first-order chi connectivity index (χ1) is 7.27. The molecule has 0 heterocycles. The minimum atomic E-state index is 0.413. The van der Waals surface area contributed by atoms with Gasteiger partial charge < -0.3 is 5.32 Å². The fourth-order valence-corrected chi connectivity index (χ4v) is 1.75. The smallest absolute Gasteiger partial charge is 0.0294 e. The predicted octanol–water partition coefficient (Wildman–Crippen LogP) is 3.69. The summed E-state index contributed by atoms with van der Waals surface area (Å²) < 4.78 is 0. The molecule has 0 radical (unpaired) electrons. The van der Waals surface area contributed by atoms with Crippen LogP contribution in [0.1, 0.15) is 38.3 Å². The van der Waals surface area contributed by atoms with E-state index in [0.29, 0.717) is 12.1 Å². The van der Waals surface area contributed by atoms with Crippen molar-refractivity contribution >= 4 is 0 Å². The van der Waals surface area contributed by atoms with Gasteiger partial charge in [-0.1, -0.05) is 43.3 Å². The van der Waals surface area contributed by atoms with Crippen molar-refractivity contribution < 1.29 is 0 Å². The molecule has 1 nitrogen and oxygen atoms in total. The maximum atomic E-state index is 3.79. The summed E-state index contributed by atoms with van der Waals surface area (Å²) in [6, 6.07) is 11.5. The van der Waals surface area contributed by atoms with Gasteiger partial charge in [-0.3, -0.25) is 0 Å². The number of nitrogens with one attached hydrogen (secondary N) is 1. The summed E-state index contributed by atoms with van der Waals surface area (Å²) in [5.41, 5.74) is 1.35. The number of hydrogen-bond acceptors (Lipinski definition) is 1. The fourth-order valence-electron chi connectivity index (χ4n) is 1.75. The molecule has 0 aromatic heterocycles. The van der Waals surface area contributed by atoms with Crippen LogP contribution in [0.5, 0.6) is 0 Å². The second kappa shape index (κ2) is 6.41. The second-order valence-electron chi connectivity index (χ2n) is 3.93. The van der Waals surface area contributed by atoms with Gasteiger partial charge in [-0.15, -0.1) is 6.58 Å². The Morgan fingerprint density at radius 1 is 1.33 bits per heavy atom. The normalized spacial score (nSPS) is 14.5. The predicted molar refractivity (Wildman–Crippen MR) is 66.9 cm³/mol. The molecule has 2 atom stereocenters. The van der Waals surface area contributed by atoms with Gasteiger partial charge in [0.25, 0.3) is 0 Å². The van der Waals surface area contributed by atoms with Gasteiger partial charge in [0.2, 0.25) is 0 Å². The zero-order chi connectivity index (χ0) is 11.1. The molecule has 0 aliphatic carbocycles. The maximum absolute atomic E-state index is 3.79. The molecule has 0 aliphatic rings. The summed E-state index contributed by atoms with van der Waals surface area (Å²) in [6.07, 6.45) is 4.16. The van der Waals surface area contributed by atoms with Crippen molar-refractivity contribution in [1.29, 1.82) is 0 Å². The molecule has 0 saturated carbocycles. The van der Waals surface area contributed by atoms with Crippen molar-refractivity contribution in [2.75, 3.05) is 0 Å². The Morgan fingerprint density at radius 3 is 2.53 bits per heavy atom. The van der Waals surface area contributed by atoms with Crippen molar-refractivity contribution in [3.05, 3.63) is 48.6 Å². The second-order valence-corrected chi connectivity index (χ2v) is 3.93. The van der Waals surface area contributed by atoms with Gasteiger partial charge in [-0.05, 0) is 25.3 Å². The molecule has 0 amide bonds. The van der Waals surface area contributed by atoms with Crippen LogP contribution in [0.4, 0.5) is 0 Å². The molecule has 0 aliphatic heterocycles. The van der Waals surface area contributed by atoms with Crippen LogP contribution in [0.2, 0.25) is 0 Å². The highest BCUT2D eigenvalue weighted by molar-refractivity contribution is 5.18. The van der Waals surface area contributed by atoms with Crippen LogP contribution in [0.3, 0.4) is 0 Å². The van der Waals surface area contributed by atoms with Gasteiger partial charge in [-0.2, -0.15) is 0 Å². The van der Waals surface area contributed by atoms with E-state index in [0.717, 1.165) is 12.8 Å². The summed E-state index contributed by atoms with van der Waals surface area (Å²) in [7, 11) is 0. The number of benzene rings is 1. The monoisotopic (exact) mass is 203 g/mol. The number of rotatable bonds is 6. The first-order valence-electron chi connectivity index (χ1n) is 5.69. The minimum absolute atomic E-state index is 0.413. The highest BCUT2D eigenvalue weighted by Gasteiger charge is 2.09. The molecule has 0 spiro atoms. The Balaban J connectivity index is 2.54. The molecule has 0 fully saturated rings.